The molecule has 19 heavy (non-hydrogen) atoms. The zero-order chi connectivity index (χ0) is 13.8. The Kier molecular flexibility index (Phi) is 5.02. The topological polar surface area (TPSA) is 29.3 Å². The van der Waals surface area contributed by atoms with Gasteiger partial charge in [-0.25, -0.2) is 0 Å². The Morgan fingerprint density at radius 1 is 1.05 bits per heavy atom. The fourth-order valence-corrected chi connectivity index (χ4v) is 3.09. The van der Waals surface area contributed by atoms with Gasteiger partial charge in [0.25, 0.3) is 0 Å². The molecule has 0 unspecified atom stereocenters. The Morgan fingerprint density at radius 3 is 2.42 bits per heavy atom. The van der Waals surface area contributed by atoms with E-state index in [1.807, 2.05) is 6.07 Å². The molecule has 0 saturated heterocycles. The minimum Gasteiger partial charge on any atom is -0.369 e. The minimum absolute atomic E-state index is 0.562. The standard InChI is InChI=1S/C15H16Br2N2/c1-19(10-12-4-2-3-5-13(12)16)15-7-6-11(9-18)8-14(15)17/h2-8H,9-10,18H2,1H3. The highest BCUT2D eigenvalue weighted by atomic mass is 79.9. The van der Waals surface area contributed by atoms with Crippen molar-refractivity contribution >= 4 is 37.5 Å². The van der Waals surface area contributed by atoms with Gasteiger partial charge < -0.3 is 10.6 Å². The monoisotopic (exact) mass is 382 g/mol. The van der Waals surface area contributed by atoms with Crippen LogP contribution >= 0.6 is 31.9 Å². The first-order valence-electron chi connectivity index (χ1n) is 6.05. The Labute approximate surface area is 130 Å². The first kappa shape index (κ1) is 14.6. The highest BCUT2D eigenvalue weighted by molar-refractivity contribution is 9.11. The molecule has 0 saturated carbocycles. The molecular weight excluding hydrogens is 368 g/mol. The third-order valence-corrected chi connectivity index (χ3v) is 4.43. The van der Waals surface area contributed by atoms with Crippen LogP contribution in [-0.2, 0) is 13.1 Å². The molecule has 0 aliphatic carbocycles. The van der Waals surface area contributed by atoms with Crippen LogP contribution in [0.5, 0.6) is 0 Å². The van der Waals surface area contributed by atoms with Crippen molar-refractivity contribution in [3.05, 3.63) is 62.5 Å². The zero-order valence-corrected chi connectivity index (χ0v) is 13.9. The van der Waals surface area contributed by atoms with Gasteiger partial charge in [0.2, 0.25) is 0 Å². The molecule has 0 fully saturated rings. The number of anilines is 1. The van der Waals surface area contributed by atoms with Crippen molar-refractivity contribution in [1.29, 1.82) is 0 Å². The maximum Gasteiger partial charge on any atom is 0.0511 e. The van der Waals surface area contributed by atoms with Crippen molar-refractivity contribution in [2.24, 2.45) is 5.73 Å². The lowest BCUT2D eigenvalue weighted by molar-refractivity contribution is 0.913. The van der Waals surface area contributed by atoms with E-state index in [0.29, 0.717) is 6.54 Å². The number of hydrogen-bond donors (Lipinski definition) is 1. The molecule has 0 heterocycles. The predicted octanol–water partition coefficient (Wildman–Crippen LogP) is 4.31. The van der Waals surface area contributed by atoms with E-state index >= 15 is 0 Å². The molecule has 2 aromatic carbocycles. The van der Waals surface area contributed by atoms with E-state index in [0.717, 1.165) is 26.7 Å². The SMILES string of the molecule is CN(Cc1ccccc1Br)c1ccc(CN)cc1Br. The van der Waals surface area contributed by atoms with E-state index in [9.17, 15) is 0 Å². The predicted molar refractivity (Wildman–Crippen MR) is 88.3 cm³/mol. The average Bonchev–Trinajstić information content (AvgIpc) is 2.41. The Hall–Kier alpha value is -0.840. The van der Waals surface area contributed by atoms with Gasteiger partial charge in [0.15, 0.2) is 0 Å². The lowest BCUT2D eigenvalue weighted by Crippen LogP contribution is -2.17. The summed E-state index contributed by atoms with van der Waals surface area (Å²) in [5.41, 5.74) is 9.20. The molecule has 100 valence electrons. The van der Waals surface area contributed by atoms with Crippen LogP contribution in [0.1, 0.15) is 11.1 Å². The zero-order valence-electron chi connectivity index (χ0n) is 10.7. The fourth-order valence-electron chi connectivity index (χ4n) is 1.95. The van der Waals surface area contributed by atoms with E-state index in [2.05, 4.69) is 80.2 Å². The number of hydrogen-bond acceptors (Lipinski definition) is 2. The summed E-state index contributed by atoms with van der Waals surface area (Å²) >= 11 is 7.20. The highest BCUT2D eigenvalue weighted by Crippen LogP contribution is 2.28. The van der Waals surface area contributed by atoms with Gasteiger partial charge in [-0.1, -0.05) is 40.2 Å². The van der Waals surface area contributed by atoms with E-state index in [1.165, 1.54) is 5.56 Å². The molecule has 2 rings (SSSR count). The molecular formula is C15H16Br2N2. The highest BCUT2D eigenvalue weighted by Gasteiger charge is 2.08. The van der Waals surface area contributed by atoms with Gasteiger partial charge in [-0.3, -0.25) is 0 Å². The first-order chi connectivity index (χ1) is 9.11. The van der Waals surface area contributed by atoms with Gasteiger partial charge in [0.05, 0.1) is 5.69 Å². The number of benzene rings is 2. The largest absolute Gasteiger partial charge is 0.369 e. The Morgan fingerprint density at radius 2 is 1.79 bits per heavy atom. The summed E-state index contributed by atoms with van der Waals surface area (Å²) < 4.78 is 2.21. The molecule has 2 aromatic rings. The second kappa shape index (κ2) is 6.55. The van der Waals surface area contributed by atoms with Gasteiger partial charge in [0.1, 0.15) is 0 Å². The van der Waals surface area contributed by atoms with Crippen LogP contribution in [-0.4, -0.2) is 7.05 Å². The van der Waals surface area contributed by atoms with Crippen molar-refractivity contribution in [1.82, 2.24) is 0 Å². The van der Waals surface area contributed by atoms with Crippen LogP contribution in [0.15, 0.2) is 51.4 Å². The van der Waals surface area contributed by atoms with Crippen molar-refractivity contribution in [2.75, 3.05) is 11.9 Å². The minimum atomic E-state index is 0.562. The average molecular weight is 384 g/mol. The van der Waals surface area contributed by atoms with Crippen molar-refractivity contribution < 1.29 is 0 Å². The Bertz CT molecular complexity index is 570. The molecule has 2 N–H and O–H groups in total. The van der Waals surface area contributed by atoms with E-state index in [-0.39, 0.29) is 0 Å². The summed E-state index contributed by atoms with van der Waals surface area (Å²) in [6.45, 7) is 1.41. The van der Waals surface area contributed by atoms with Crippen LogP contribution < -0.4 is 10.6 Å². The van der Waals surface area contributed by atoms with Crippen LogP contribution in [0.2, 0.25) is 0 Å². The van der Waals surface area contributed by atoms with Crippen LogP contribution in [0, 0.1) is 0 Å². The second-order valence-corrected chi connectivity index (χ2v) is 6.15. The van der Waals surface area contributed by atoms with Crippen molar-refractivity contribution in [2.45, 2.75) is 13.1 Å². The summed E-state index contributed by atoms with van der Waals surface area (Å²) in [7, 11) is 2.08. The van der Waals surface area contributed by atoms with Crippen LogP contribution in [0.4, 0.5) is 5.69 Å². The number of nitrogens with zero attached hydrogens (tertiary/aromatic N) is 1. The normalized spacial score (nSPS) is 10.5. The summed E-state index contributed by atoms with van der Waals surface area (Å²) in [5, 5.41) is 0. The van der Waals surface area contributed by atoms with Crippen molar-refractivity contribution in [3.8, 4) is 0 Å². The fraction of sp³-hybridized carbons (Fsp3) is 0.200. The third-order valence-electron chi connectivity index (χ3n) is 3.02. The van der Waals surface area contributed by atoms with E-state index in [1.54, 1.807) is 0 Å². The van der Waals surface area contributed by atoms with Gasteiger partial charge in [0, 0.05) is 29.1 Å². The smallest absolute Gasteiger partial charge is 0.0511 e. The molecule has 0 spiro atoms. The lowest BCUT2D eigenvalue weighted by Gasteiger charge is -2.22. The Balaban J connectivity index is 2.21. The van der Waals surface area contributed by atoms with E-state index < -0.39 is 0 Å². The maximum atomic E-state index is 5.65. The molecule has 0 aliphatic heterocycles. The molecule has 0 amide bonds. The third kappa shape index (κ3) is 3.59. The van der Waals surface area contributed by atoms with Crippen molar-refractivity contribution in [3.63, 3.8) is 0 Å². The lowest BCUT2D eigenvalue weighted by atomic mass is 10.1. The molecule has 2 nitrogen and oxygen atoms in total. The quantitative estimate of drug-likeness (QED) is 0.852. The van der Waals surface area contributed by atoms with Gasteiger partial charge in [-0.2, -0.15) is 0 Å². The first-order valence-corrected chi connectivity index (χ1v) is 7.63. The molecule has 0 radical (unpaired) electrons. The summed E-state index contributed by atoms with van der Waals surface area (Å²) in [6.07, 6.45) is 0. The molecule has 0 aromatic heterocycles. The van der Waals surface area contributed by atoms with Gasteiger partial charge in [-0.15, -0.1) is 0 Å². The molecule has 4 heteroatoms. The summed E-state index contributed by atoms with van der Waals surface area (Å²) in [6, 6.07) is 14.5. The molecule has 0 atom stereocenters. The number of rotatable bonds is 4. The summed E-state index contributed by atoms with van der Waals surface area (Å²) in [5.74, 6) is 0. The number of halogens is 2. The number of nitrogens with two attached hydrogens (primary N) is 1. The molecule has 0 aliphatic rings. The molecule has 0 bridgehead atoms. The van der Waals surface area contributed by atoms with Crippen LogP contribution in [0.3, 0.4) is 0 Å². The maximum absolute atomic E-state index is 5.65. The van der Waals surface area contributed by atoms with Gasteiger partial charge >= 0.3 is 0 Å². The van der Waals surface area contributed by atoms with E-state index in [4.69, 9.17) is 5.73 Å². The second-order valence-electron chi connectivity index (χ2n) is 4.44. The van der Waals surface area contributed by atoms with Gasteiger partial charge in [-0.05, 0) is 45.3 Å². The van der Waals surface area contributed by atoms with Crippen LogP contribution in [0.25, 0.3) is 0 Å². The summed E-state index contributed by atoms with van der Waals surface area (Å²) in [4.78, 5) is 2.21.